The molecule has 2 heterocycles. The van der Waals surface area contributed by atoms with Gasteiger partial charge in [0.15, 0.2) is 0 Å². The zero-order valence-electron chi connectivity index (χ0n) is 16.4. The van der Waals surface area contributed by atoms with Gasteiger partial charge in [-0.2, -0.15) is 4.98 Å². The second-order valence-electron chi connectivity index (χ2n) is 7.06. The van der Waals surface area contributed by atoms with Crippen LogP contribution in [0.5, 0.6) is 11.5 Å². The van der Waals surface area contributed by atoms with Crippen LogP contribution in [-0.2, 0) is 11.3 Å². The molecule has 0 saturated carbocycles. The number of rotatable bonds is 6. The molecule has 1 aromatic heterocycles. The summed E-state index contributed by atoms with van der Waals surface area (Å²) in [6, 6.07) is 12.6. The first-order valence-corrected chi connectivity index (χ1v) is 9.41. The molecule has 3 aromatic rings. The van der Waals surface area contributed by atoms with Crippen LogP contribution in [0.2, 0.25) is 0 Å². The molecule has 7 nitrogen and oxygen atoms in total. The van der Waals surface area contributed by atoms with E-state index in [1.807, 2.05) is 24.3 Å². The van der Waals surface area contributed by atoms with E-state index in [-0.39, 0.29) is 29.8 Å². The average Bonchev–Trinajstić information content (AvgIpc) is 3.35. The van der Waals surface area contributed by atoms with Gasteiger partial charge in [-0.15, -0.1) is 13.2 Å². The number of ether oxygens (including phenoxy) is 2. The van der Waals surface area contributed by atoms with Crippen molar-refractivity contribution >= 4 is 5.91 Å². The summed E-state index contributed by atoms with van der Waals surface area (Å²) in [5, 5.41) is 3.90. The molecule has 1 aliphatic rings. The number of hydrogen-bond acceptors (Lipinski definition) is 6. The molecule has 1 unspecified atom stereocenters. The number of hydrogen-bond donors (Lipinski definition) is 0. The molecule has 10 heteroatoms. The molecule has 31 heavy (non-hydrogen) atoms. The standard InChI is InChI=1S/C21H18F3N3O4/c1-29-17-4-2-3-13(9-17)11-27-12-15(10-18(27)28)20-25-19(26-31-20)14-5-7-16(8-6-14)30-21(22,23)24/h2-9,15H,10-12H2,1H3. The molecular weight excluding hydrogens is 415 g/mol. The number of carbonyl (C=O) groups excluding carboxylic acids is 1. The van der Waals surface area contributed by atoms with Crippen LogP contribution in [0.25, 0.3) is 11.4 Å². The van der Waals surface area contributed by atoms with E-state index in [2.05, 4.69) is 14.9 Å². The van der Waals surface area contributed by atoms with Gasteiger partial charge in [-0.05, 0) is 42.0 Å². The van der Waals surface area contributed by atoms with Crippen molar-refractivity contribution < 1.29 is 32.0 Å². The third kappa shape index (κ3) is 4.96. The van der Waals surface area contributed by atoms with Crippen molar-refractivity contribution in [1.82, 2.24) is 15.0 Å². The third-order valence-electron chi connectivity index (χ3n) is 4.86. The van der Waals surface area contributed by atoms with Crippen LogP contribution in [0.1, 0.15) is 23.8 Å². The Labute approximate surface area is 175 Å². The number of alkyl halides is 3. The minimum Gasteiger partial charge on any atom is -0.497 e. The molecule has 0 aliphatic carbocycles. The van der Waals surface area contributed by atoms with Crippen LogP contribution in [0, 0.1) is 0 Å². The Kier molecular flexibility index (Phi) is 5.53. The molecule has 162 valence electrons. The third-order valence-corrected chi connectivity index (χ3v) is 4.86. The minimum absolute atomic E-state index is 0.0266. The van der Waals surface area contributed by atoms with Gasteiger partial charge in [0, 0.05) is 25.1 Å². The molecule has 1 atom stereocenters. The van der Waals surface area contributed by atoms with Crippen LogP contribution in [0.4, 0.5) is 13.2 Å². The van der Waals surface area contributed by atoms with Crippen molar-refractivity contribution in [1.29, 1.82) is 0 Å². The smallest absolute Gasteiger partial charge is 0.497 e. The summed E-state index contributed by atoms with van der Waals surface area (Å²) in [7, 11) is 1.58. The predicted molar refractivity (Wildman–Crippen MR) is 102 cm³/mol. The fourth-order valence-corrected chi connectivity index (χ4v) is 3.41. The van der Waals surface area contributed by atoms with Gasteiger partial charge in [0.1, 0.15) is 11.5 Å². The average molecular weight is 433 g/mol. The Morgan fingerprint density at radius 2 is 1.94 bits per heavy atom. The largest absolute Gasteiger partial charge is 0.573 e. The van der Waals surface area contributed by atoms with Crippen molar-refractivity contribution in [3.63, 3.8) is 0 Å². The molecule has 1 saturated heterocycles. The van der Waals surface area contributed by atoms with Crippen molar-refractivity contribution in [3.8, 4) is 22.9 Å². The maximum absolute atomic E-state index is 12.4. The van der Waals surface area contributed by atoms with Crippen LogP contribution >= 0.6 is 0 Å². The molecule has 2 aromatic carbocycles. The number of benzene rings is 2. The molecule has 0 radical (unpaired) electrons. The van der Waals surface area contributed by atoms with Gasteiger partial charge in [-0.1, -0.05) is 17.3 Å². The second-order valence-corrected chi connectivity index (χ2v) is 7.06. The van der Waals surface area contributed by atoms with Gasteiger partial charge < -0.3 is 18.9 Å². The Hall–Kier alpha value is -3.56. The van der Waals surface area contributed by atoms with Crippen LogP contribution in [0.15, 0.2) is 53.1 Å². The topological polar surface area (TPSA) is 77.7 Å². The van der Waals surface area contributed by atoms with E-state index in [4.69, 9.17) is 9.26 Å². The summed E-state index contributed by atoms with van der Waals surface area (Å²) in [5.74, 6) is 0.635. The summed E-state index contributed by atoms with van der Waals surface area (Å²) in [6.45, 7) is 0.865. The SMILES string of the molecule is COc1cccc(CN2CC(c3nc(-c4ccc(OC(F)(F)F)cc4)no3)CC2=O)c1. The Morgan fingerprint density at radius 1 is 1.16 bits per heavy atom. The monoisotopic (exact) mass is 433 g/mol. The Bertz CT molecular complexity index is 1070. The van der Waals surface area contributed by atoms with Crippen molar-refractivity contribution in [2.45, 2.75) is 25.2 Å². The number of carbonyl (C=O) groups is 1. The molecule has 1 aliphatic heterocycles. The fourth-order valence-electron chi connectivity index (χ4n) is 3.41. The van der Waals surface area contributed by atoms with Crippen molar-refractivity contribution in [3.05, 3.63) is 60.0 Å². The lowest BCUT2D eigenvalue weighted by Crippen LogP contribution is -2.24. The molecule has 0 N–H and O–H groups in total. The molecular formula is C21H18F3N3O4. The summed E-state index contributed by atoms with van der Waals surface area (Å²) in [6.07, 6.45) is -4.52. The van der Waals surface area contributed by atoms with E-state index in [9.17, 15) is 18.0 Å². The van der Waals surface area contributed by atoms with Crippen LogP contribution < -0.4 is 9.47 Å². The highest BCUT2D eigenvalue weighted by atomic mass is 19.4. The van der Waals surface area contributed by atoms with E-state index in [1.165, 1.54) is 24.3 Å². The number of likely N-dealkylation sites (tertiary alicyclic amines) is 1. The summed E-state index contributed by atoms with van der Waals surface area (Å²) < 4.78 is 51.2. The second kappa shape index (κ2) is 8.29. The zero-order valence-corrected chi connectivity index (χ0v) is 16.4. The summed E-state index contributed by atoms with van der Waals surface area (Å²) >= 11 is 0. The first kappa shape index (κ1) is 20.7. The van der Waals surface area contributed by atoms with E-state index < -0.39 is 6.36 Å². The van der Waals surface area contributed by atoms with Crippen LogP contribution in [0.3, 0.4) is 0 Å². The lowest BCUT2D eigenvalue weighted by Gasteiger charge is -2.16. The van der Waals surface area contributed by atoms with E-state index in [0.29, 0.717) is 30.3 Å². The molecule has 1 amide bonds. The van der Waals surface area contributed by atoms with E-state index in [0.717, 1.165) is 5.56 Å². The number of aromatic nitrogens is 2. The number of amides is 1. The normalized spacial score (nSPS) is 16.6. The summed E-state index contributed by atoms with van der Waals surface area (Å²) in [5.41, 5.74) is 1.42. The maximum atomic E-state index is 12.4. The lowest BCUT2D eigenvalue weighted by atomic mass is 10.1. The highest BCUT2D eigenvalue weighted by Crippen LogP contribution is 2.31. The zero-order chi connectivity index (χ0) is 22.0. The first-order valence-electron chi connectivity index (χ1n) is 9.41. The van der Waals surface area contributed by atoms with Crippen molar-refractivity contribution in [2.24, 2.45) is 0 Å². The Balaban J connectivity index is 1.42. The van der Waals surface area contributed by atoms with Gasteiger partial charge in [0.05, 0.1) is 13.0 Å². The van der Waals surface area contributed by atoms with Crippen LogP contribution in [-0.4, -0.2) is 41.0 Å². The number of methoxy groups -OCH3 is 1. The van der Waals surface area contributed by atoms with Crippen molar-refractivity contribution in [2.75, 3.05) is 13.7 Å². The Morgan fingerprint density at radius 3 is 2.65 bits per heavy atom. The molecule has 1 fully saturated rings. The highest BCUT2D eigenvalue weighted by molar-refractivity contribution is 5.79. The molecule has 4 rings (SSSR count). The minimum atomic E-state index is -4.76. The molecule has 0 bridgehead atoms. The van der Waals surface area contributed by atoms with E-state index in [1.54, 1.807) is 12.0 Å². The number of halogens is 3. The fraction of sp³-hybridized carbons (Fsp3) is 0.286. The lowest BCUT2D eigenvalue weighted by molar-refractivity contribution is -0.274. The first-order chi connectivity index (χ1) is 14.8. The van der Waals surface area contributed by atoms with Gasteiger partial charge in [-0.3, -0.25) is 4.79 Å². The maximum Gasteiger partial charge on any atom is 0.573 e. The van der Waals surface area contributed by atoms with Gasteiger partial charge in [-0.25, -0.2) is 0 Å². The summed E-state index contributed by atoms with van der Waals surface area (Å²) in [4.78, 5) is 18.5. The van der Waals surface area contributed by atoms with E-state index >= 15 is 0 Å². The number of nitrogens with zero attached hydrogens (tertiary/aromatic N) is 3. The molecule has 0 spiro atoms. The van der Waals surface area contributed by atoms with Gasteiger partial charge >= 0.3 is 6.36 Å². The predicted octanol–water partition coefficient (Wildman–Crippen LogP) is 4.16. The van der Waals surface area contributed by atoms with Gasteiger partial charge in [0.25, 0.3) is 0 Å². The quantitative estimate of drug-likeness (QED) is 0.581. The highest BCUT2D eigenvalue weighted by Gasteiger charge is 2.34. The van der Waals surface area contributed by atoms with Gasteiger partial charge in [0.2, 0.25) is 17.6 Å².